The van der Waals surface area contributed by atoms with Crippen LogP contribution in [-0.4, -0.2) is 33.6 Å². The van der Waals surface area contributed by atoms with Crippen LogP contribution >= 0.6 is 15.9 Å². The van der Waals surface area contributed by atoms with Crippen LogP contribution in [0.25, 0.3) is 5.69 Å². The number of aromatic nitrogens is 3. The monoisotopic (exact) mass is 406 g/mol. The zero-order valence-electron chi connectivity index (χ0n) is 14.7. The van der Waals surface area contributed by atoms with Crippen molar-refractivity contribution >= 4 is 21.7 Å². The highest BCUT2D eigenvalue weighted by atomic mass is 79.9. The van der Waals surface area contributed by atoms with Crippen molar-refractivity contribution < 1.29 is 4.79 Å². The molecule has 1 aromatic carbocycles. The minimum Gasteiger partial charge on any atom is -0.316 e. The number of ketones is 1. The van der Waals surface area contributed by atoms with E-state index in [0.29, 0.717) is 18.8 Å². The maximum absolute atomic E-state index is 13.1. The van der Waals surface area contributed by atoms with Gasteiger partial charge in [0.25, 0.3) is 0 Å². The molecule has 0 saturated carbocycles. The van der Waals surface area contributed by atoms with Crippen molar-refractivity contribution in [1.82, 2.24) is 20.1 Å². The van der Waals surface area contributed by atoms with Gasteiger partial charge in [0.1, 0.15) is 11.6 Å². The first kappa shape index (κ1) is 18.1. The van der Waals surface area contributed by atoms with Gasteiger partial charge in [-0.2, -0.15) is 5.10 Å². The average molecular weight is 407 g/mol. The summed E-state index contributed by atoms with van der Waals surface area (Å²) in [6, 6.07) is 7.48. The first-order chi connectivity index (χ1) is 11.7. The Labute approximate surface area is 155 Å². The summed E-state index contributed by atoms with van der Waals surface area (Å²) in [7, 11) is 0. The highest BCUT2D eigenvalue weighted by molar-refractivity contribution is 9.10. The molecule has 0 spiro atoms. The summed E-state index contributed by atoms with van der Waals surface area (Å²) >= 11 is 3.40. The number of halogens is 1. The van der Waals surface area contributed by atoms with E-state index in [4.69, 9.17) is 0 Å². The van der Waals surface area contributed by atoms with Gasteiger partial charge in [-0.1, -0.05) is 36.7 Å². The van der Waals surface area contributed by atoms with Gasteiger partial charge in [0.2, 0.25) is 0 Å². The minimum atomic E-state index is -0.531. The van der Waals surface area contributed by atoms with E-state index in [1.807, 2.05) is 45.0 Å². The molecular formula is C18H23BrN4O2. The third kappa shape index (κ3) is 3.48. The summed E-state index contributed by atoms with van der Waals surface area (Å²) in [5.74, 6) is 0.802. The van der Waals surface area contributed by atoms with E-state index in [1.54, 1.807) is 4.57 Å². The number of H-pyrrole nitrogens is 1. The van der Waals surface area contributed by atoms with Crippen LogP contribution in [0.4, 0.5) is 0 Å². The zero-order chi connectivity index (χ0) is 18.2. The van der Waals surface area contributed by atoms with Crippen LogP contribution < -0.4 is 11.0 Å². The van der Waals surface area contributed by atoms with Crippen LogP contribution in [0.1, 0.15) is 33.0 Å². The number of hydrogen-bond acceptors (Lipinski definition) is 4. The van der Waals surface area contributed by atoms with E-state index in [2.05, 4.69) is 31.4 Å². The first-order valence-corrected chi connectivity index (χ1v) is 9.20. The number of hydrogen-bond donors (Lipinski definition) is 2. The van der Waals surface area contributed by atoms with Gasteiger partial charge < -0.3 is 5.32 Å². The molecule has 0 radical (unpaired) electrons. The largest absolute Gasteiger partial charge is 0.347 e. The fourth-order valence-electron chi connectivity index (χ4n) is 3.57. The van der Waals surface area contributed by atoms with Gasteiger partial charge in [0.15, 0.2) is 0 Å². The molecule has 3 rings (SSSR count). The van der Waals surface area contributed by atoms with E-state index in [0.717, 1.165) is 23.1 Å². The lowest BCUT2D eigenvalue weighted by molar-refractivity contribution is -0.135. The third-order valence-corrected chi connectivity index (χ3v) is 5.26. The van der Waals surface area contributed by atoms with Crippen molar-refractivity contribution in [2.75, 3.05) is 13.1 Å². The summed E-state index contributed by atoms with van der Waals surface area (Å²) in [6.07, 6.45) is 1.19. The Balaban J connectivity index is 2.01. The maximum atomic E-state index is 13.1. The maximum Gasteiger partial charge on any atom is 0.347 e. The highest BCUT2D eigenvalue weighted by Gasteiger charge is 2.46. The Morgan fingerprint density at radius 1 is 1.32 bits per heavy atom. The van der Waals surface area contributed by atoms with Crippen molar-refractivity contribution in [3.63, 3.8) is 0 Å². The predicted octanol–water partition coefficient (Wildman–Crippen LogP) is 2.46. The molecule has 25 heavy (non-hydrogen) atoms. The summed E-state index contributed by atoms with van der Waals surface area (Å²) in [5, 5.41) is 10.1. The van der Waals surface area contributed by atoms with Gasteiger partial charge >= 0.3 is 5.69 Å². The number of aromatic amines is 1. The van der Waals surface area contributed by atoms with E-state index in [1.165, 1.54) is 0 Å². The second-order valence-corrected chi connectivity index (χ2v) is 8.64. The molecule has 1 aromatic heterocycles. The molecule has 7 heteroatoms. The standard InChI is InChI=1S/C18H23BrN4O2/c1-17(2,3)15(24)18(8-9-20-11-18)10-14-21-22-16(25)23(14)13-6-4-12(19)5-7-13/h4-7,20H,8-11H2,1-3H3,(H,22,25)/t18-/m0/s1. The summed E-state index contributed by atoms with van der Waals surface area (Å²) in [6.45, 7) is 7.25. The molecule has 0 bridgehead atoms. The van der Waals surface area contributed by atoms with Crippen molar-refractivity contribution in [3.8, 4) is 5.69 Å². The fraction of sp³-hybridized carbons (Fsp3) is 0.500. The second kappa shape index (κ2) is 6.53. The van der Waals surface area contributed by atoms with E-state index >= 15 is 0 Å². The highest BCUT2D eigenvalue weighted by Crippen LogP contribution is 2.37. The fourth-order valence-corrected chi connectivity index (χ4v) is 3.84. The Morgan fingerprint density at radius 2 is 2.00 bits per heavy atom. The van der Waals surface area contributed by atoms with Gasteiger partial charge in [0, 0.05) is 22.9 Å². The lowest BCUT2D eigenvalue weighted by Crippen LogP contribution is -2.43. The Bertz CT molecular complexity index is 824. The smallest absolute Gasteiger partial charge is 0.316 e. The van der Waals surface area contributed by atoms with Gasteiger partial charge in [-0.25, -0.2) is 14.5 Å². The first-order valence-electron chi connectivity index (χ1n) is 8.41. The number of Topliss-reactive ketones (excluding diaryl/α,β-unsaturated/α-hetero) is 1. The van der Waals surface area contributed by atoms with Crippen molar-refractivity contribution in [2.24, 2.45) is 10.8 Å². The number of nitrogens with zero attached hydrogens (tertiary/aromatic N) is 2. The molecule has 1 atom stereocenters. The quantitative estimate of drug-likeness (QED) is 0.816. The van der Waals surface area contributed by atoms with Crippen LogP contribution in [0.5, 0.6) is 0 Å². The van der Waals surface area contributed by atoms with Crippen molar-refractivity contribution in [2.45, 2.75) is 33.6 Å². The molecule has 6 nitrogen and oxygen atoms in total. The van der Waals surface area contributed by atoms with Gasteiger partial charge in [-0.15, -0.1) is 0 Å². The third-order valence-electron chi connectivity index (χ3n) is 4.73. The Morgan fingerprint density at radius 3 is 2.56 bits per heavy atom. The predicted molar refractivity (Wildman–Crippen MR) is 100.0 cm³/mol. The molecule has 2 aromatic rings. The molecule has 1 aliphatic heterocycles. The number of rotatable bonds is 4. The second-order valence-electron chi connectivity index (χ2n) is 7.72. The van der Waals surface area contributed by atoms with Gasteiger partial charge in [-0.3, -0.25) is 4.79 Å². The van der Waals surface area contributed by atoms with Crippen LogP contribution in [0.2, 0.25) is 0 Å². The molecule has 0 amide bonds. The van der Waals surface area contributed by atoms with Crippen molar-refractivity contribution in [1.29, 1.82) is 0 Å². The molecule has 134 valence electrons. The normalized spacial score (nSPS) is 20.8. The Hall–Kier alpha value is -1.73. The lowest BCUT2D eigenvalue weighted by atomic mass is 9.69. The summed E-state index contributed by atoms with van der Waals surface area (Å²) in [5.41, 5.74) is -0.523. The molecule has 1 aliphatic rings. The molecule has 1 saturated heterocycles. The molecule has 0 aliphatic carbocycles. The molecular weight excluding hydrogens is 384 g/mol. The van der Waals surface area contributed by atoms with Gasteiger partial charge in [-0.05, 0) is 37.2 Å². The van der Waals surface area contributed by atoms with Crippen LogP contribution in [0, 0.1) is 10.8 Å². The van der Waals surface area contributed by atoms with E-state index in [9.17, 15) is 9.59 Å². The average Bonchev–Trinajstić information content (AvgIpc) is 3.15. The minimum absolute atomic E-state index is 0.211. The van der Waals surface area contributed by atoms with Gasteiger partial charge in [0.05, 0.1) is 11.1 Å². The van der Waals surface area contributed by atoms with Crippen molar-refractivity contribution in [3.05, 3.63) is 45.0 Å². The molecule has 1 fully saturated rings. The molecule has 0 unspecified atom stereocenters. The summed E-state index contributed by atoms with van der Waals surface area (Å²) in [4.78, 5) is 25.4. The number of nitrogens with one attached hydrogen (secondary N) is 2. The number of benzene rings is 1. The lowest BCUT2D eigenvalue weighted by Gasteiger charge is -2.33. The topological polar surface area (TPSA) is 79.8 Å². The van der Waals surface area contributed by atoms with Crippen LogP contribution in [0.15, 0.2) is 33.5 Å². The zero-order valence-corrected chi connectivity index (χ0v) is 16.3. The SMILES string of the molecule is CC(C)(C)C(=O)[C@]1(Cc2n[nH]c(=O)n2-c2ccc(Br)cc2)CCNC1. The van der Waals surface area contributed by atoms with Crippen LogP contribution in [-0.2, 0) is 11.2 Å². The number of carbonyl (C=O) groups is 1. The summed E-state index contributed by atoms with van der Waals surface area (Å²) < 4.78 is 2.50. The molecule has 2 heterocycles. The Kier molecular flexibility index (Phi) is 4.72. The van der Waals surface area contributed by atoms with Crippen LogP contribution in [0.3, 0.4) is 0 Å². The number of carbonyl (C=O) groups excluding carboxylic acids is 1. The van der Waals surface area contributed by atoms with E-state index < -0.39 is 10.8 Å². The van der Waals surface area contributed by atoms with E-state index in [-0.39, 0.29) is 11.5 Å². The molecule has 2 N–H and O–H groups in total.